The van der Waals surface area contributed by atoms with Gasteiger partial charge in [0.2, 0.25) is 0 Å². The molecular weight excluding hydrogens is 249 g/mol. The zero-order valence-corrected chi connectivity index (χ0v) is 12.1. The smallest absolute Gasteiger partial charge is 0.123 e. The Labute approximate surface area is 121 Å². The van der Waals surface area contributed by atoms with Gasteiger partial charge in [0.05, 0.1) is 0 Å². The topological polar surface area (TPSA) is 3.24 Å². The van der Waals surface area contributed by atoms with E-state index in [-0.39, 0.29) is 5.82 Å². The Balaban J connectivity index is 2.01. The molecular formula is C18H22FN. The Morgan fingerprint density at radius 1 is 0.850 bits per heavy atom. The molecule has 0 saturated heterocycles. The molecule has 0 radical (unpaired) electrons. The van der Waals surface area contributed by atoms with Gasteiger partial charge in [-0.2, -0.15) is 0 Å². The van der Waals surface area contributed by atoms with Crippen molar-refractivity contribution in [3.05, 3.63) is 71.5 Å². The number of halogens is 1. The first kappa shape index (κ1) is 14.7. The molecule has 0 aromatic heterocycles. The number of benzene rings is 2. The fourth-order valence-electron chi connectivity index (χ4n) is 2.29. The fraction of sp³-hybridized carbons (Fsp3) is 0.333. The van der Waals surface area contributed by atoms with Crippen LogP contribution in [0, 0.1) is 5.82 Å². The average Bonchev–Trinajstić information content (AvgIpc) is 2.48. The molecule has 0 aliphatic heterocycles. The Morgan fingerprint density at radius 3 is 2.05 bits per heavy atom. The molecule has 2 aromatic rings. The van der Waals surface area contributed by atoms with Gasteiger partial charge in [-0.3, -0.25) is 4.90 Å². The van der Waals surface area contributed by atoms with Crippen molar-refractivity contribution < 1.29 is 4.39 Å². The maximum atomic E-state index is 13.0. The lowest BCUT2D eigenvalue weighted by Gasteiger charge is -2.22. The molecule has 0 N–H and O–H groups in total. The molecule has 0 saturated carbocycles. The Bertz CT molecular complexity index is 493. The molecule has 2 aromatic carbocycles. The lowest BCUT2D eigenvalue weighted by atomic mass is 10.1. The van der Waals surface area contributed by atoms with Crippen LogP contribution < -0.4 is 0 Å². The van der Waals surface area contributed by atoms with Crippen molar-refractivity contribution in [2.45, 2.75) is 32.9 Å². The van der Waals surface area contributed by atoms with Gasteiger partial charge in [0.15, 0.2) is 0 Å². The van der Waals surface area contributed by atoms with E-state index in [9.17, 15) is 4.39 Å². The quantitative estimate of drug-likeness (QED) is 0.709. The number of rotatable bonds is 7. The van der Waals surface area contributed by atoms with Gasteiger partial charge in [0.1, 0.15) is 5.82 Å². The van der Waals surface area contributed by atoms with E-state index in [1.165, 1.54) is 36.1 Å². The first-order valence-corrected chi connectivity index (χ1v) is 7.28. The summed E-state index contributed by atoms with van der Waals surface area (Å²) >= 11 is 0. The standard InChI is InChI=1S/C18H22FN/c1-2-3-13-20(14-16-7-5-4-6-8-16)15-17-9-11-18(19)12-10-17/h4-12H,2-3,13-15H2,1H3. The van der Waals surface area contributed by atoms with Crippen LogP contribution in [-0.4, -0.2) is 11.4 Å². The van der Waals surface area contributed by atoms with Crippen LogP contribution in [0.5, 0.6) is 0 Å². The van der Waals surface area contributed by atoms with E-state index in [0.29, 0.717) is 0 Å². The molecule has 0 aliphatic carbocycles. The predicted molar refractivity (Wildman–Crippen MR) is 81.9 cm³/mol. The second kappa shape index (κ2) is 7.81. The van der Waals surface area contributed by atoms with Gasteiger partial charge in [-0.1, -0.05) is 55.8 Å². The average molecular weight is 271 g/mol. The first-order chi connectivity index (χ1) is 9.78. The molecule has 0 bridgehead atoms. The summed E-state index contributed by atoms with van der Waals surface area (Å²) in [6.45, 7) is 5.09. The van der Waals surface area contributed by atoms with Crippen molar-refractivity contribution in [2.24, 2.45) is 0 Å². The van der Waals surface area contributed by atoms with Crippen molar-refractivity contribution in [1.82, 2.24) is 4.90 Å². The van der Waals surface area contributed by atoms with Crippen molar-refractivity contribution in [3.8, 4) is 0 Å². The van der Waals surface area contributed by atoms with Crippen LogP contribution in [0.25, 0.3) is 0 Å². The van der Waals surface area contributed by atoms with E-state index in [1.54, 1.807) is 0 Å². The molecule has 2 rings (SSSR count). The highest BCUT2D eigenvalue weighted by Gasteiger charge is 2.06. The maximum Gasteiger partial charge on any atom is 0.123 e. The highest BCUT2D eigenvalue weighted by molar-refractivity contribution is 5.17. The van der Waals surface area contributed by atoms with E-state index in [1.807, 2.05) is 18.2 Å². The van der Waals surface area contributed by atoms with Gasteiger partial charge in [-0.25, -0.2) is 4.39 Å². The predicted octanol–water partition coefficient (Wildman–Crippen LogP) is 4.63. The minimum atomic E-state index is -0.170. The highest BCUT2D eigenvalue weighted by Crippen LogP contribution is 2.12. The van der Waals surface area contributed by atoms with E-state index in [0.717, 1.165) is 19.6 Å². The van der Waals surface area contributed by atoms with Gasteiger partial charge < -0.3 is 0 Å². The number of hydrogen-bond donors (Lipinski definition) is 0. The molecule has 20 heavy (non-hydrogen) atoms. The minimum Gasteiger partial charge on any atom is -0.295 e. The van der Waals surface area contributed by atoms with Gasteiger partial charge >= 0.3 is 0 Å². The molecule has 0 atom stereocenters. The van der Waals surface area contributed by atoms with Crippen molar-refractivity contribution >= 4 is 0 Å². The lowest BCUT2D eigenvalue weighted by Crippen LogP contribution is -2.24. The molecule has 0 amide bonds. The summed E-state index contributed by atoms with van der Waals surface area (Å²) in [6.07, 6.45) is 2.38. The first-order valence-electron chi connectivity index (χ1n) is 7.28. The third-order valence-electron chi connectivity index (χ3n) is 3.40. The normalized spacial score (nSPS) is 10.9. The lowest BCUT2D eigenvalue weighted by molar-refractivity contribution is 0.252. The maximum absolute atomic E-state index is 13.0. The van der Waals surface area contributed by atoms with E-state index < -0.39 is 0 Å². The molecule has 1 nitrogen and oxygen atoms in total. The number of nitrogens with zero attached hydrogens (tertiary/aromatic N) is 1. The molecule has 0 heterocycles. The molecule has 0 aliphatic rings. The van der Waals surface area contributed by atoms with Crippen LogP contribution in [0.15, 0.2) is 54.6 Å². The van der Waals surface area contributed by atoms with E-state index in [4.69, 9.17) is 0 Å². The van der Waals surface area contributed by atoms with Crippen molar-refractivity contribution in [2.75, 3.05) is 6.54 Å². The van der Waals surface area contributed by atoms with Crippen LogP contribution in [-0.2, 0) is 13.1 Å². The zero-order chi connectivity index (χ0) is 14.2. The largest absolute Gasteiger partial charge is 0.295 e. The number of hydrogen-bond acceptors (Lipinski definition) is 1. The summed E-state index contributed by atoms with van der Waals surface area (Å²) < 4.78 is 13.0. The molecule has 106 valence electrons. The fourth-order valence-corrected chi connectivity index (χ4v) is 2.29. The molecule has 0 fully saturated rings. The van der Waals surface area contributed by atoms with Crippen LogP contribution in [0.1, 0.15) is 30.9 Å². The van der Waals surface area contributed by atoms with Crippen molar-refractivity contribution in [3.63, 3.8) is 0 Å². The summed E-state index contributed by atoms with van der Waals surface area (Å²) in [5.41, 5.74) is 2.49. The zero-order valence-electron chi connectivity index (χ0n) is 12.1. The minimum absolute atomic E-state index is 0.170. The molecule has 0 unspecified atom stereocenters. The second-order valence-corrected chi connectivity index (χ2v) is 5.18. The van der Waals surface area contributed by atoms with Crippen LogP contribution >= 0.6 is 0 Å². The second-order valence-electron chi connectivity index (χ2n) is 5.18. The monoisotopic (exact) mass is 271 g/mol. The van der Waals surface area contributed by atoms with Crippen LogP contribution in [0.4, 0.5) is 4.39 Å². The van der Waals surface area contributed by atoms with Crippen molar-refractivity contribution in [1.29, 1.82) is 0 Å². The van der Waals surface area contributed by atoms with E-state index in [2.05, 4.69) is 36.1 Å². The molecule has 0 spiro atoms. The summed E-state index contributed by atoms with van der Waals surface area (Å²) in [4.78, 5) is 2.42. The summed E-state index contributed by atoms with van der Waals surface area (Å²) in [7, 11) is 0. The van der Waals surface area contributed by atoms with Gasteiger partial charge in [-0.15, -0.1) is 0 Å². The Kier molecular flexibility index (Phi) is 5.75. The van der Waals surface area contributed by atoms with Crippen LogP contribution in [0.2, 0.25) is 0 Å². The Morgan fingerprint density at radius 2 is 1.45 bits per heavy atom. The number of unbranched alkanes of at least 4 members (excludes halogenated alkanes) is 1. The van der Waals surface area contributed by atoms with Gasteiger partial charge in [0.25, 0.3) is 0 Å². The van der Waals surface area contributed by atoms with Gasteiger partial charge in [0, 0.05) is 13.1 Å². The van der Waals surface area contributed by atoms with Gasteiger partial charge in [-0.05, 0) is 36.2 Å². The van der Waals surface area contributed by atoms with E-state index >= 15 is 0 Å². The third kappa shape index (κ3) is 4.78. The SMILES string of the molecule is CCCCN(Cc1ccccc1)Cc1ccc(F)cc1. The summed E-state index contributed by atoms with van der Waals surface area (Å²) in [5, 5.41) is 0. The third-order valence-corrected chi connectivity index (χ3v) is 3.40. The Hall–Kier alpha value is -1.67. The highest BCUT2D eigenvalue weighted by atomic mass is 19.1. The molecule has 2 heteroatoms. The summed E-state index contributed by atoms with van der Waals surface area (Å²) in [5.74, 6) is -0.170. The summed E-state index contributed by atoms with van der Waals surface area (Å²) in [6, 6.07) is 17.3. The van der Waals surface area contributed by atoms with Crippen LogP contribution in [0.3, 0.4) is 0 Å².